The van der Waals surface area contributed by atoms with Gasteiger partial charge in [0.05, 0.1) is 12.4 Å². The van der Waals surface area contributed by atoms with Crippen LogP contribution in [0.4, 0.5) is 4.79 Å². The first-order valence-electron chi connectivity index (χ1n) is 8.14. The van der Waals surface area contributed by atoms with Crippen LogP contribution < -0.4 is 15.9 Å². The maximum absolute atomic E-state index is 14.2. The minimum absolute atomic E-state index is 0.0272. The average Bonchev–Trinajstić information content (AvgIpc) is 2.60. The van der Waals surface area contributed by atoms with E-state index in [2.05, 4.69) is 5.32 Å². The quantitative estimate of drug-likeness (QED) is 0.812. The summed E-state index contributed by atoms with van der Waals surface area (Å²) in [6, 6.07) is 18.7. The second kappa shape index (κ2) is 8.16. The Labute approximate surface area is 143 Å². The molecule has 0 aliphatic carbocycles. The zero-order valence-electron chi connectivity index (χ0n) is 14.3. The largest absolute Gasteiger partial charge is 0.450 e. The van der Waals surface area contributed by atoms with Crippen LogP contribution in [0.25, 0.3) is 0 Å². The number of rotatable bonds is 6. The van der Waals surface area contributed by atoms with Crippen LogP contribution in [0.5, 0.6) is 0 Å². The number of hydrogen-bond donors (Lipinski definition) is 1. The SMILES string of the molecule is CCOC(=O)NC(C(C)C)P(=O)(c1ccccc1)c1ccccc1. The molecule has 0 spiro atoms. The summed E-state index contributed by atoms with van der Waals surface area (Å²) in [7, 11) is -3.08. The van der Waals surface area contributed by atoms with Gasteiger partial charge >= 0.3 is 6.09 Å². The van der Waals surface area contributed by atoms with Crippen molar-refractivity contribution in [2.24, 2.45) is 5.92 Å². The highest BCUT2D eigenvalue weighted by atomic mass is 31.2. The Morgan fingerprint density at radius 2 is 1.46 bits per heavy atom. The number of ether oxygens (including phenoxy) is 1. The summed E-state index contributed by atoms with van der Waals surface area (Å²) in [5.41, 5.74) is 0. The Balaban J connectivity index is 2.56. The van der Waals surface area contributed by atoms with Crippen molar-refractivity contribution in [2.45, 2.75) is 26.6 Å². The van der Waals surface area contributed by atoms with E-state index in [9.17, 15) is 9.36 Å². The van der Waals surface area contributed by atoms with Gasteiger partial charge in [-0.25, -0.2) is 4.79 Å². The molecule has 2 rings (SSSR count). The summed E-state index contributed by atoms with van der Waals surface area (Å²) in [6.45, 7) is 5.93. The summed E-state index contributed by atoms with van der Waals surface area (Å²) in [4.78, 5) is 12.0. The molecule has 1 N–H and O–H groups in total. The molecule has 24 heavy (non-hydrogen) atoms. The van der Waals surface area contributed by atoms with Gasteiger partial charge in [0.1, 0.15) is 0 Å². The van der Waals surface area contributed by atoms with Crippen LogP contribution in [-0.4, -0.2) is 18.5 Å². The van der Waals surface area contributed by atoms with Gasteiger partial charge in [-0.1, -0.05) is 74.5 Å². The number of hydrogen-bond acceptors (Lipinski definition) is 3. The number of carbonyl (C=O) groups excluding carboxylic acids is 1. The lowest BCUT2D eigenvalue weighted by Crippen LogP contribution is -2.43. The highest BCUT2D eigenvalue weighted by molar-refractivity contribution is 7.79. The average molecular weight is 345 g/mol. The fourth-order valence-electron chi connectivity index (χ4n) is 2.74. The van der Waals surface area contributed by atoms with E-state index in [4.69, 9.17) is 4.74 Å². The second-order valence-electron chi connectivity index (χ2n) is 5.88. The molecule has 0 saturated heterocycles. The highest BCUT2D eigenvalue weighted by Crippen LogP contribution is 2.50. The minimum atomic E-state index is -3.08. The Morgan fingerprint density at radius 3 is 1.83 bits per heavy atom. The molecule has 0 bridgehead atoms. The molecule has 0 fully saturated rings. The van der Waals surface area contributed by atoms with E-state index in [0.717, 1.165) is 10.6 Å². The lowest BCUT2D eigenvalue weighted by molar-refractivity contribution is 0.149. The van der Waals surface area contributed by atoms with E-state index in [0.29, 0.717) is 0 Å². The number of carbonyl (C=O) groups is 1. The van der Waals surface area contributed by atoms with Gasteiger partial charge < -0.3 is 14.6 Å². The standard InChI is InChI=1S/C19H24NO3P/c1-4-23-19(21)20-18(15(2)3)24(22,16-11-7-5-8-12-16)17-13-9-6-10-14-17/h5-15,18H,4H2,1-3H3,(H,20,21). The molecule has 1 atom stereocenters. The Kier molecular flexibility index (Phi) is 6.22. The predicted molar refractivity (Wildman–Crippen MR) is 98.5 cm³/mol. The van der Waals surface area contributed by atoms with Crippen molar-refractivity contribution < 1.29 is 14.1 Å². The molecular weight excluding hydrogens is 321 g/mol. The van der Waals surface area contributed by atoms with Gasteiger partial charge in [0.15, 0.2) is 7.14 Å². The summed E-state index contributed by atoms with van der Waals surface area (Å²) in [5, 5.41) is 4.29. The highest BCUT2D eigenvalue weighted by Gasteiger charge is 2.39. The molecule has 1 amide bonds. The summed E-state index contributed by atoms with van der Waals surface area (Å²) in [5.74, 6) is -0.568. The molecule has 0 aromatic heterocycles. The van der Waals surface area contributed by atoms with E-state index in [1.807, 2.05) is 74.5 Å². The lowest BCUT2D eigenvalue weighted by atomic mass is 10.2. The van der Waals surface area contributed by atoms with Gasteiger partial charge in [0, 0.05) is 10.6 Å². The number of alkyl carbamates (subject to hydrolysis) is 1. The van der Waals surface area contributed by atoms with Gasteiger partial charge in [0.2, 0.25) is 0 Å². The lowest BCUT2D eigenvalue weighted by Gasteiger charge is -2.31. The summed E-state index contributed by atoms with van der Waals surface area (Å²) >= 11 is 0. The van der Waals surface area contributed by atoms with E-state index in [-0.39, 0.29) is 12.5 Å². The second-order valence-corrected chi connectivity index (χ2v) is 8.79. The van der Waals surface area contributed by atoms with Crippen molar-refractivity contribution in [1.29, 1.82) is 0 Å². The van der Waals surface area contributed by atoms with Gasteiger partial charge in [-0.2, -0.15) is 0 Å². The first-order chi connectivity index (χ1) is 11.5. The molecular formula is C19H24NO3P. The number of nitrogens with one attached hydrogen (secondary N) is 1. The molecule has 0 aliphatic heterocycles. The van der Waals surface area contributed by atoms with Crippen LogP contribution >= 0.6 is 7.14 Å². The maximum Gasteiger partial charge on any atom is 0.407 e. The van der Waals surface area contributed by atoms with Crippen molar-refractivity contribution in [3.8, 4) is 0 Å². The van der Waals surface area contributed by atoms with Crippen LogP contribution in [0, 0.1) is 5.92 Å². The van der Waals surface area contributed by atoms with E-state index >= 15 is 0 Å². The third-order valence-electron chi connectivity index (χ3n) is 3.84. The molecule has 2 aromatic carbocycles. The van der Waals surface area contributed by atoms with Crippen LogP contribution in [0.2, 0.25) is 0 Å². The van der Waals surface area contributed by atoms with Gasteiger partial charge in [-0.05, 0) is 12.8 Å². The first kappa shape index (κ1) is 18.3. The summed E-state index contributed by atoms with van der Waals surface area (Å²) < 4.78 is 19.2. The monoisotopic (exact) mass is 345 g/mol. The van der Waals surface area contributed by atoms with E-state index < -0.39 is 19.0 Å². The fraction of sp³-hybridized carbons (Fsp3) is 0.316. The van der Waals surface area contributed by atoms with Gasteiger partial charge in [-0.15, -0.1) is 0 Å². The normalized spacial score (nSPS) is 12.7. The van der Waals surface area contributed by atoms with Crippen LogP contribution in [0.15, 0.2) is 60.7 Å². The van der Waals surface area contributed by atoms with Gasteiger partial charge in [-0.3, -0.25) is 0 Å². The molecule has 0 radical (unpaired) electrons. The first-order valence-corrected chi connectivity index (χ1v) is 9.92. The Bertz CT molecular complexity index is 658. The van der Waals surface area contributed by atoms with Crippen molar-refractivity contribution >= 4 is 23.8 Å². The molecule has 0 heterocycles. The zero-order chi connectivity index (χ0) is 17.6. The van der Waals surface area contributed by atoms with Crippen LogP contribution in [0.3, 0.4) is 0 Å². The third-order valence-corrected chi connectivity index (χ3v) is 7.48. The smallest absolute Gasteiger partial charge is 0.407 e. The maximum atomic E-state index is 14.2. The molecule has 5 heteroatoms. The van der Waals surface area contributed by atoms with Crippen molar-refractivity contribution in [3.05, 3.63) is 60.7 Å². The topological polar surface area (TPSA) is 55.4 Å². The van der Waals surface area contributed by atoms with Crippen molar-refractivity contribution in [2.75, 3.05) is 6.61 Å². The molecule has 2 aromatic rings. The van der Waals surface area contributed by atoms with Crippen LogP contribution in [0.1, 0.15) is 20.8 Å². The Morgan fingerprint density at radius 1 is 1.00 bits per heavy atom. The zero-order valence-corrected chi connectivity index (χ0v) is 15.2. The van der Waals surface area contributed by atoms with E-state index in [1.165, 1.54) is 0 Å². The molecule has 0 aliphatic rings. The molecule has 4 nitrogen and oxygen atoms in total. The fourth-order valence-corrected chi connectivity index (χ4v) is 6.04. The van der Waals surface area contributed by atoms with Crippen molar-refractivity contribution in [1.82, 2.24) is 5.32 Å². The molecule has 0 saturated carbocycles. The molecule has 1 unspecified atom stereocenters. The molecule has 128 valence electrons. The minimum Gasteiger partial charge on any atom is -0.450 e. The van der Waals surface area contributed by atoms with E-state index in [1.54, 1.807) is 6.92 Å². The number of benzene rings is 2. The predicted octanol–water partition coefficient (Wildman–Crippen LogP) is 3.73. The van der Waals surface area contributed by atoms with Gasteiger partial charge in [0.25, 0.3) is 0 Å². The van der Waals surface area contributed by atoms with Crippen molar-refractivity contribution in [3.63, 3.8) is 0 Å². The number of amides is 1. The van der Waals surface area contributed by atoms with Crippen LogP contribution in [-0.2, 0) is 9.30 Å². The Hall–Kier alpha value is -2.06. The third kappa shape index (κ3) is 3.88. The summed E-state index contributed by atoms with van der Waals surface area (Å²) in [6.07, 6.45) is -0.539.